The summed E-state index contributed by atoms with van der Waals surface area (Å²) in [4.78, 5) is 67.2. The first-order valence-electron chi connectivity index (χ1n) is 26.6. The van der Waals surface area contributed by atoms with Gasteiger partial charge in [0.25, 0.3) is 5.91 Å². The number of piperazine rings is 1. The van der Waals surface area contributed by atoms with E-state index in [2.05, 4.69) is 52.4 Å². The minimum atomic E-state index is -1.54. The number of pyridine rings is 1. The number of aliphatic hydroxyl groups excluding tert-OH is 1. The number of amides is 3. The number of nitrogens with two attached hydrogens (primary N) is 2. The van der Waals surface area contributed by atoms with Crippen molar-refractivity contribution in [2.24, 2.45) is 17.1 Å². The summed E-state index contributed by atoms with van der Waals surface area (Å²) in [5.41, 5.74) is 14.6. The number of piperidine rings is 2. The first kappa shape index (κ1) is 54.9. The second kappa shape index (κ2) is 23.4. The van der Waals surface area contributed by atoms with Gasteiger partial charge in [0.15, 0.2) is 5.82 Å². The van der Waals surface area contributed by atoms with Crippen LogP contribution in [0.15, 0.2) is 71.1 Å². The SMILES string of the molecule is CCn1nccc1-c1ccc([C@H](CCN2CCN(C(=O)C3(O)CCN(c4nccc(Sc5ncc(N6CCC(C)(CN)CC6)nc5N)c4Cl)CC3)CC2)NC(=O)[C@@H]2C[C@@H](O)CN2C(=O)[C@H](C(C)C)n2cc(C)nn2)cc1. The number of nitrogens with zero attached hydrogens (tertiary/aromatic N) is 13. The lowest BCUT2D eigenvalue weighted by molar-refractivity contribution is -0.155. The molecule has 9 rings (SSSR count). The Kier molecular flexibility index (Phi) is 16.9. The molecule has 4 aromatic heterocycles. The Balaban J connectivity index is 0.807. The molecule has 0 radical (unpaired) electrons. The van der Waals surface area contributed by atoms with Gasteiger partial charge in [0.2, 0.25) is 11.8 Å². The van der Waals surface area contributed by atoms with Gasteiger partial charge in [0.1, 0.15) is 34.3 Å². The van der Waals surface area contributed by atoms with Crippen LogP contribution in [0.25, 0.3) is 11.3 Å². The lowest BCUT2D eigenvalue weighted by Crippen LogP contribution is -2.59. The van der Waals surface area contributed by atoms with E-state index in [0.717, 1.165) is 60.0 Å². The summed E-state index contributed by atoms with van der Waals surface area (Å²) in [6.45, 7) is 16.4. The number of rotatable bonds is 17. The van der Waals surface area contributed by atoms with E-state index in [4.69, 9.17) is 23.1 Å². The summed E-state index contributed by atoms with van der Waals surface area (Å²) in [6, 6.07) is 9.87. The highest BCUT2D eigenvalue weighted by atomic mass is 35.5. The molecule has 4 atom stereocenters. The van der Waals surface area contributed by atoms with Crippen molar-refractivity contribution in [2.75, 3.05) is 87.5 Å². The number of hydrogen-bond acceptors (Lipinski definition) is 17. The molecule has 4 saturated heterocycles. The molecule has 4 aliphatic heterocycles. The first-order chi connectivity index (χ1) is 36.5. The average molecular weight is 1080 g/mol. The van der Waals surface area contributed by atoms with E-state index >= 15 is 0 Å². The topological polar surface area (TPSA) is 259 Å². The largest absolute Gasteiger partial charge is 0.391 e. The molecule has 4 fully saturated rings. The number of aromatic nitrogens is 8. The lowest BCUT2D eigenvalue weighted by Gasteiger charge is -2.43. The second-order valence-electron chi connectivity index (χ2n) is 21.6. The van der Waals surface area contributed by atoms with Gasteiger partial charge in [-0.25, -0.2) is 19.6 Å². The quantitative estimate of drug-likeness (QED) is 0.0875. The molecule has 0 bridgehead atoms. The van der Waals surface area contributed by atoms with Crippen LogP contribution in [-0.2, 0) is 20.9 Å². The molecule has 1 aromatic carbocycles. The van der Waals surface area contributed by atoms with Gasteiger partial charge in [-0.2, -0.15) is 5.10 Å². The molecular formula is C53H73ClN16O5S. The Morgan fingerprint density at radius 2 is 1.66 bits per heavy atom. The summed E-state index contributed by atoms with van der Waals surface area (Å²) < 4.78 is 3.48. The number of likely N-dealkylation sites (tertiary alicyclic amines) is 1. The standard InChI is InChI=1S/C53H73ClN16O5S/c1-6-69-40(11-19-59-69)37-9-7-36(8-10-37)39(60-48(72)41-29-38(71)32-68(41)50(73)45(34(2)3)70-31-35(4)62-63-70)13-20-64-25-27-67(28-26-64)51(74)53(75)16-23-66(24-17-53)47-44(54)42(12-18-57-47)76-49-46(56)61-43(30-58-49)65-21-14-52(5,33-55)15-22-65/h7-12,18-19,30-31,34,38-39,41,45,71,75H,6,13-17,20-29,32-33,55H2,1-5H3,(H2,56,61)(H,60,72)/t38-,39+,41+,45+/m1/s1. The molecule has 3 amide bonds. The fourth-order valence-electron chi connectivity index (χ4n) is 11.0. The summed E-state index contributed by atoms with van der Waals surface area (Å²) in [5.74, 6) is 0.552. The van der Waals surface area contributed by atoms with Gasteiger partial charge in [-0.15, -0.1) is 5.10 Å². The third-order valence-corrected chi connectivity index (χ3v) is 17.4. The number of carbonyl (C=O) groups is 3. The smallest absolute Gasteiger partial charge is 0.254 e. The van der Waals surface area contributed by atoms with Crippen LogP contribution >= 0.6 is 23.4 Å². The Bertz CT molecular complexity index is 2820. The van der Waals surface area contributed by atoms with E-state index in [0.29, 0.717) is 86.2 Å². The van der Waals surface area contributed by atoms with Crippen LogP contribution in [0.4, 0.5) is 17.5 Å². The van der Waals surface area contributed by atoms with Gasteiger partial charge in [-0.3, -0.25) is 24.0 Å². The number of β-amino-alcohol motifs (C(OH)–C–C–N with tert-alkyl or cyclic N) is 1. The normalized spacial score (nSPS) is 20.8. The number of aryl methyl sites for hydroxylation is 2. The molecular weight excluding hydrogens is 1010 g/mol. The molecule has 21 nitrogen and oxygen atoms in total. The maximum Gasteiger partial charge on any atom is 0.254 e. The summed E-state index contributed by atoms with van der Waals surface area (Å²) in [5, 5.41) is 39.8. The van der Waals surface area contributed by atoms with Crippen molar-refractivity contribution < 1.29 is 24.6 Å². The number of anilines is 3. The van der Waals surface area contributed by atoms with Crippen molar-refractivity contribution in [1.82, 2.24) is 59.7 Å². The van der Waals surface area contributed by atoms with Gasteiger partial charge in [-0.1, -0.05) is 73.6 Å². The predicted octanol–water partition coefficient (Wildman–Crippen LogP) is 4.19. The molecule has 408 valence electrons. The fourth-order valence-corrected chi connectivity index (χ4v) is 12.1. The number of nitrogen functional groups attached to an aromatic ring is 1. The fraction of sp³-hybridized carbons (Fsp3) is 0.566. The van der Waals surface area contributed by atoms with E-state index in [1.54, 1.807) is 41.3 Å². The highest BCUT2D eigenvalue weighted by Crippen LogP contribution is 2.41. The van der Waals surface area contributed by atoms with Crippen molar-refractivity contribution in [3.8, 4) is 11.3 Å². The number of hydrogen-bond donors (Lipinski definition) is 5. The Morgan fingerprint density at radius 1 is 0.947 bits per heavy atom. The van der Waals surface area contributed by atoms with E-state index in [-0.39, 0.29) is 54.9 Å². The molecule has 0 unspecified atom stereocenters. The van der Waals surface area contributed by atoms with Crippen LogP contribution in [0.5, 0.6) is 0 Å². The number of halogens is 1. The van der Waals surface area contributed by atoms with Crippen LogP contribution in [0.3, 0.4) is 0 Å². The molecule has 5 aromatic rings. The minimum Gasteiger partial charge on any atom is -0.391 e. The van der Waals surface area contributed by atoms with Gasteiger partial charge in [-0.05, 0) is 74.2 Å². The van der Waals surface area contributed by atoms with Crippen molar-refractivity contribution >= 4 is 58.5 Å². The molecule has 8 heterocycles. The highest BCUT2D eigenvalue weighted by molar-refractivity contribution is 7.99. The second-order valence-corrected chi connectivity index (χ2v) is 23.0. The van der Waals surface area contributed by atoms with Crippen LogP contribution in [-0.4, -0.2) is 172 Å². The summed E-state index contributed by atoms with van der Waals surface area (Å²) >= 11 is 8.34. The number of aliphatic hydroxyl groups is 2. The van der Waals surface area contributed by atoms with Crippen LogP contribution in [0.1, 0.15) is 89.6 Å². The monoisotopic (exact) mass is 1080 g/mol. The highest BCUT2D eigenvalue weighted by Gasteiger charge is 2.45. The summed E-state index contributed by atoms with van der Waals surface area (Å²) in [6.07, 6.45) is 9.10. The zero-order valence-electron chi connectivity index (χ0n) is 44.3. The third-order valence-electron chi connectivity index (χ3n) is 15.9. The van der Waals surface area contributed by atoms with Crippen molar-refractivity contribution in [3.05, 3.63) is 77.5 Å². The zero-order chi connectivity index (χ0) is 53.9. The van der Waals surface area contributed by atoms with Crippen LogP contribution in [0.2, 0.25) is 5.02 Å². The number of carbonyl (C=O) groups excluding carboxylic acids is 3. The van der Waals surface area contributed by atoms with Gasteiger partial charge in [0, 0.05) is 115 Å². The van der Waals surface area contributed by atoms with Crippen LogP contribution < -0.4 is 26.6 Å². The number of nitrogens with one attached hydrogen (secondary N) is 1. The zero-order valence-corrected chi connectivity index (χ0v) is 45.8. The maximum absolute atomic E-state index is 14.4. The van der Waals surface area contributed by atoms with E-state index in [1.165, 1.54) is 16.7 Å². The summed E-state index contributed by atoms with van der Waals surface area (Å²) in [7, 11) is 0. The molecule has 4 aliphatic rings. The molecule has 76 heavy (non-hydrogen) atoms. The molecule has 0 spiro atoms. The van der Waals surface area contributed by atoms with E-state index in [1.807, 2.05) is 66.8 Å². The van der Waals surface area contributed by atoms with Crippen molar-refractivity contribution in [1.29, 1.82) is 0 Å². The molecule has 0 aliphatic carbocycles. The Labute approximate surface area is 453 Å². The van der Waals surface area contributed by atoms with Gasteiger partial charge < -0.3 is 46.6 Å². The van der Waals surface area contributed by atoms with E-state index in [9.17, 15) is 24.6 Å². The lowest BCUT2D eigenvalue weighted by atomic mass is 9.80. The average Bonchev–Trinajstić information content (AvgIpc) is 4.21. The maximum atomic E-state index is 14.4. The van der Waals surface area contributed by atoms with Crippen LogP contribution in [0, 0.1) is 18.3 Å². The van der Waals surface area contributed by atoms with Gasteiger partial charge in [0.05, 0.1) is 34.8 Å². The van der Waals surface area contributed by atoms with Gasteiger partial charge >= 0.3 is 0 Å². The Hall–Kier alpha value is -5.91. The molecule has 0 saturated carbocycles. The molecule has 7 N–H and O–H groups in total. The van der Waals surface area contributed by atoms with Crippen molar-refractivity contribution in [2.45, 2.75) is 119 Å². The first-order valence-corrected chi connectivity index (χ1v) is 27.8. The van der Waals surface area contributed by atoms with E-state index < -0.39 is 29.8 Å². The minimum absolute atomic E-state index is 0.0338. The van der Waals surface area contributed by atoms with Crippen molar-refractivity contribution in [3.63, 3.8) is 0 Å². The molecule has 23 heteroatoms. The third kappa shape index (κ3) is 12.0. The Morgan fingerprint density at radius 3 is 2.30 bits per heavy atom. The number of benzene rings is 1. The predicted molar refractivity (Wildman–Crippen MR) is 291 cm³/mol.